The molecule has 0 unspecified atom stereocenters. The number of hydrogen-bond acceptors (Lipinski definition) is 5. The molecule has 1 fully saturated rings. The lowest BCUT2D eigenvalue weighted by molar-refractivity contribution is -0.140. The molecule has 1 aromatic heterocycles. The third-order valence-corrected chi connectivity index (χ3v) is 6.42. The molecule has 34 heavy (non-hydrogen) atoms. The molecular weight excluding hydrogens is 429 g/mol. The molecule has 5 nitrogen and oxygen atoms in total. The zero-order chi connectivity index (χ0) is 23.8. The summed E-state index contributed by atoms with van der Waals surface area (Å²) in [6.45, 7) is 2.05. The second kappa shape index (κ2) is 11.7. The van der Waals surface area contributed by atoms with E-state index in [-0.39, 0.29) is 11.8 Å². The summed E-state index contributed by atoms with van der Waals surface area (Å²) >= 11 is 0. The van der Waals surface area contributed by atoms with Gasteiger partial charge in [0, 0.05) is 31.9 Å². The molecule has 0 atom stereocenters. The molecule has 1 aliphatic carbocycles. The van der Waals surface area contributed by atoms with Crippen LogP contribution in [0.15, 0.2) is 66.9 Å². The number of methoxy groups -OCH3 is 1. The molecule has 1 N–H and O–H groups in total. The number of rotatable bonds is 10. The fraction of sp³-hybridized carbons (Fsp3) is 0.357. The third kappa shape index (κ3) is 6.41. The topological polar surface area (TPSA) is 54.5 Å². The van der Waals surface area contributed by atoms with Gasteiger partial charge in [-0.05, 0) is 53.3 Å². The minimum absolute atomic E-state index is 0.209. The average Bonchev–Trinajstić information content (AvgIpc) is 3.41. The number of pyridine rings is 1. The predicted molar refractivity (Wildman–Crippen MR) is 133 cm³/mol. The monoisotopic (exact) mass is 461 g/mol. The number of halogens is 1. The van der Waals surface area contributed by atoms with Gasteiger partial charge in [-0.25, -0.2) is 9.37 Å². The van der Waals surface area contributed by atoms with E-state index < -0.39 is 0 Å². The smallest absolute Gasteiger partial charge is 0.306 e. The lowest BCUT2D eigenvalue weighted by Crippen LogP contribution is -2.33. The first-order valence-corrected chi connectivity index (χ1v) is 12.0. The number of esters is 1. The maximum absolute atomic E-state index is 13.2. The van der Waals surface area contributed by atoms with Gasteiger partial charge in [0.25, 0.3) is 0 Å². The van der Waals surface area contributed by atoms with Gasteiger partial charge in [0.05, 0.1) is 13.5 Å². The number of benzene rings is 2. The average molecular weight is 462 g/mol. The molecule has 1 heterocycles. The lowest BCUT2D eigenvalue weighted by atomic mass is 10.0. The Labute approximate surface area is 201 Å². The summed E-state index contributed by atoms with van der Waals surface area (Å²) in [7, 11) is 1.40. The van der Waals surface area contributed by atoms with Crippen molar-refractivity contribution in [2.75, 3.05) is 18.6 Å². The number of carbonyl (C=O) groups excluding carboxylic acids is 1. The third-order valence-electron chi connectivity index (χ3n) is 6.42. The molecule has 4 rings (SSSR count). The van der Waals surface area contributed by atoms with Gasteiger partial charge in [-0.3, -0.25) is 4.79 Å². The molecule has 3 aromatic rings. The van der Waals surface area contributed by atoms with E-state index in [1.54, 1.807) is 0 Å². The number of anilines is 1. The molecule has 6 heteroatoms. The normalized spacial score (nSPS) is 13.7. The number of nitrogens with one attached hydrogen (secondary N) is 1. The van der Waals surface area contributed by atoms with Gasteiger partial charge in [-0.2, -0.15) is 0 Å². The molecule has 0 radical (unpaired) electrons. The van der Waals surface area contributed by atoms with Crippen LogP contribution in [0.25, 0.3) is 11.1 Å². The van der Waals surface area contributed by atoms with Crippen molar-refractivity contribution in [1.29, 1.82) is 0 Å². The quantitative estimate of drug-likeness (QED) is 0.320. The van der Waals surface area contributed by atoms with Crippen molar-refractivity contribution >= 4 is 11.8 Å². The Balaban J connectivity index is 1.42. The lowest BCUT2D eigenvalue weighted by Gasteiger charge is -2.30. The molecule has 0 amide bonds. The zero-order valence-electron chi connectivity index (χ0n) is 19.7. The van der Waals surface area contributed by atoms with Crippen LogP contribution in [0.3, 0.4) is 0 Å². The molecule has 2 aromatic carbocycles. The SMILES string of the molecule is COC(=O)CCNCc1ccc(N(Cc2ccc(-c3ccc(F)cc3)cc2)C2CCCC2)nc1. The van der Waals surface area contributed by atoms with E-state index in [0.29, 0.717) is 25.6 Å². The minimum Gasteiger partial charge on any atom is -0.469 e. The van der Waals surface area contributed by atoms with Crippen LogP contribution in [0.2, 0.25) is 0 Å². The van der Waals surface area contributed by atoms with Crippen molar-refractivity contribution < 1.29 is 13.9 Å². The van der Waals surface area contributed by atoms with Gasteiger partial charge >= 0.3 is 5.97 Å². The van der Waals surface area contributed by atoms with Crippen LogP contribution < -0.4 is 10.2 Å². The Hall–Kier alpha value is -3.25. The standard InChI is InChI=1S/C28H32FN3O2/c1-34-28(33)16-17-30-18-22-8-15-27(31-19-22)32(26-4-2-3-5-26)20-21-6-9-23(10-7-21)24-11-13-25(29)14-12-24/h6-15,19,26,30H,2-5,16-18,20H2,1H3. The highest BCUT2D eigenvalue weighted by Crippen LogP contribution is 2.29. The van der Waals surface area contributed by atoms with E-state index in [1.807, 2.05) is 18.3 Å². The summed E-state index contributed by atoms with van der Waals surface area (Å²) in [5.41, 5.74) is 4.41. The maximum atomic E-state index is 13.2. The van der Waals surface area contributed by atoms with Crippen molar-refractivity contribution in [3.05, 3.63) is 83.8 Å². The van der Waals surface area contributed by atoms with E-state index in [2.05, 4.69) is 51.4 Å². The van der Waals surface area contributed by atoms with Crippen molar-refractivity contribution in [3.8, 4) is 11.1 Å². The molecule has 1 aliphatic rings. The van der Waals surface area contributed by atoms with Crippen molar-refractivity contribution in [1.82, 2.24) is 10.3 Å². The van der Waals surface area contributed by atoms with E-state index in [9.17, 15) is 9.18 Å². The van der Waals surface area contributed by atoms with Gasteiger partial charge < -0.3 is 15.0 Å². The fourth-order valence-corrected chi connectivity index (χ4v) is 4.47. The van der Waals surface area contributed by atoms with Crippen LogP contribution in [0.1, 0.15) is 43.2 Å². The Bertz CT molecular complexity index is 1050. The Morgan fingerprint density at radius 3 is 2.26 bits per heavy atom. The van der Waals surface area contributed by atoms with Crippen LogP contribution in [0, 0.1) is 5.82 Å². The molecule has 0 aliphatic heterocycles. The highest BCUT2D eigenvalue weighted by molar-refractivity contribution is 5.69. The summed E-state index contributed by atoms with van der Waals surface area (Å²) in [6.07, 6.45) is 7.16. The number of hydrogen-bond donors (Lipinski definition) is 1. The van der Waals surface area contributed by atoms with E-state index in [1.165, 1.54) is 50.5 Å². The number of nitrogens with zero attached hydrogens (tertiary/aromatic N) is 2. The van der Waals surface area contributed by atoms with Gasteiger partial charge in [0.2, 0.25) is 0 Å². The Kier molecular flexibility index (Phi) is 8.26. The second-order valence-corrected chi connectivity index (χ2v) is 8.80. The van der Waals surface area contributed by atoms with Crippen molar-refractivity contribution in [2.24, 2.45) is 0 Å². The van der Waals surface area contributed by atoms with E-state index >= 15 is 0 Å². The Morgan fingerprint density at radius 2 is 1.65 bits per heavy atom. The van der Waals surface area contributed by atoms with Crippen LogP contribution in [-0.4, -0.2) is 30.6 Å². The van der Waals surface area contributed by atoms with Gasteiger partial charge in [-0.15, -0.1) is 0 Å². The molecule has 0 bridgehead atoms. The fourth-order valence-electron chi connectivity index (χ4n) is 4.47. The van der Waals surface area contributed by atoms with Crippen LogP contribution >= 0.6 is 0 Å². The largest absolute Gasteiger partial charge is 0.469 e. The van der Waals surface area contributed by atoms with Gasteiger partial charge in [0.1, 0.15) is 11.6 Å². The number of aromatic nitrogens is 1. The van der Waals surface area contributed by atoms with Gasteiger partial charge in [-0.1, -0.05) is 55.3 Å². The first-order chi connectivity index (χ1) is 16.6. The van der Waals surface area contributed by atoms with Crippen LogP contribution in [0.5, 0.6) is 0 Å². The van der Waals surface area contributed by atoms with Crippen molar-refractivity contribution in [3.63, 3.8) is 0 Å². The Morgan fingerprint density at radius 1 is 1.00 bits per heavy atom. The van der Waals surface area contributed by atoms with E-state index in [0.717, 1.165) is 29.1 Å². The first kappa shape index (κ1) is 23.9. The van der Waals surface area contributed by atoms with Crippen LogP contribution in [-0.2, 0) is 22.6 Å². The number of ether oxygens (including phenoxy) is 1. The van der Waals surface area contributed by atoms with Crippen LogP contribution in [0.4, 0.5) is 10.2 Å². The molecule has 0 spiro atoms. The highest BCUT2D eigenvalue weighted by Gasteiger charge is 2.24. The summed E-state index contributed by atoms with van der Waals surface area (Å²) < 4.78 is 17.9. The minimum atomic E-state index is -0.219. The summed E-state index contributed by atoms with van der Waals surface area (Å²) in [5.74, 6) is 0.565. The first-order valence-electron chi connectivity index (χ1n) is 12.0. The maximum Gasteiger partial charge on any atom is 0.306 e. The predicted octanol–water partition coefficient (Wildman–Crippen LogP) is 5.49. The second-order valence-electron chi connectivity index (χ2n) is 8.80. The molecular formula is C28H32FN3O2. The summed E-state index contributed by atoms with van der Waals surface area (Å²) in [6, 6.07) is 19.8. The van der Waals surface area contributed by atoms with Gasteiger partial charge in [0.15, 0.2) is 0 Å². The zero-order valence-corrected chi connectivity index (χ0v) is 19.7. The van der Waals surface area contributed by atoms with E-state index in [4.69, 9.17) is 4.98 Å². The summed E-state index contributed by atoms with van der Waals surface area (Å²) in [4.78, 5) is 18.4. The molecule has 0 saturated heterocycles. The summed E-state index contributed by atoms with van der Waals surface area (Å²) in [5, 5.41) is 3.26. The molecule has 178 valence electrons. The molecule has 1 saturated carbocycles. The van der Waals surface area contributed by atoms with Crippen molar-refractivity contribution in [2.45, 2.75) is 51.2 Å². The highest BCUT2D eigenvalue weighted by atomic mass is 19.1. The number of carbonyl (C=O) groups is 1.